The van der Waals surface area contributed by atoms with Crippen LogP contribution < -0.4 is 0 Å². The van der Waals surface area contributed by atoms with E-state index in [0.29, 0.717) is 19.0 Å². The number of likely N-dealkylation sites (N-methyl/N-ethyl adjacent to an activating group) is 1. The first-order valence-electron chi connectivity index (χ1n) is 6.49. The van der Waals surface area contributed by atoms with Crippen LogP contribution in [0.1, 0.15) is 13.3 Å². The molecule has 0 N–H and O–H groups in total. The summed E-state index contributed by atoms with van der Waals surface area (Å²) in [6.07, 6.45) is 0.604. The van der Waals surface area contributed by atoms with E-state index < -0.39 is 26.6 Å². The molecule has 0 radical (unpaired) electrons. The summed E-state index contributed by atoms with van der Waals surface area (Å²) in [6, 6.07) is 1.53. The van der Waals surface area contributed by atoms with Crippen LogP contribution in [-0.4, -0.2) is 51.4 Å². The third-order valence-electron chi connectivity index (χ3n) is 2.83. The normalized spacial score (nSPS) is 12.4. The van der Waals surface area contributed by atoms with Gasteiger partial charge in [0, 0.05) is 30.2 Å². The molecule has 0 fully saturated rings. The zero-order valence-electron chi connectivity index (χ0n) is 12.2. The summed E-state index contributed by atoms with van der Waals surface area (Å²) in [7, 11) is -0.370. The molecule has 1 aromatic rings. The van der Waals surface area contributed by atoms with Gasteiger partial charge in [0.2, 0.25) is 10.0 Å². The Hall–Kier alpha value is -0.570. The Labute approximate surface area is 132 Å². The standard InChI is InChI=1S/C13H19BrF2N2O2S/c1-4-5-18(7-6-17(2)3)21(19,20)13-11(14)8-10(15)9-12(13)16/h8-9H,4-7H2,1-3H3. The molecule has 1 aromatic carbocycles. The molecule has 0 atom stereocenters. The number of sulfonamides is 1. The van der Waals surface area contributed by atoms with Crippen LogP contribution in [0.2, 0.25) is 0 Å². The van der Waals surface area contributed by atoms with Gasteiger partial charge in [0.1, 0.15) is 16.5 Å². The zero-order chi connectivity index (χ0) is 16.2. The van der Waals surface area contributed by atoms with Gasteiger partial charge in [-0.2, -0.15) is 4.31 Å². The van der Waals surface area contributed by atoms with E-state index in [0.717, 1.165) is 6.07 Å². The number of hydrogen-bond donors (Lipinski definition) is 0. The lowest BCUT2D eigenvalue weighted by Crippen LogP contribution is -2.37. The van der Waals surface area contributed by atoms with E-state index in [4.69, 9.17) is 0 Å². The van der Waals surface area contributed by atoms with Gasteiger partial charge in [0.05, 0.1) is 0 Å². The smallest absolute Gasteiger partial charge is 0.247 e. The molecule has 4 nitrogen and oxygen atoms in total. The maximum Gasteiger partial charge on any atom is 0.247 e. The van der Waals surface area contributed by atoms with Crippen LogP contribution in [0.4, 0.5) is 8.78 Å². The van der Waals surface area contributed by atoms with Crippen molar-refractivity contribution >= 4 is 26.0 Å². The van der Waals surface area contributed by atoms with Gasteiger partial charge in [-0.25, -0.2) is 17.2 Å². The Morgan fingerprint density at radius 1 is 1.14 bits per heavy atom. The minimum Gasteiger partial charge on any atom is -0.308 e. The number of benzene rings is 1. The minimum absolute atomic E-state index is 0.106. The maximum atomic E-state index is 13.9. The van der Waals surface area contributed by atoms with Crippen LogP contribution in [0.5, 0.6) is 0 Å². The Kier molecular flexibility index (Phi) is 6.71. The molecule has 21 heavy (non-hydrogen) atoms. The van der Waals surface area contributed by atoms with E-state index in [9.17, 15) is 17.2 Å². The fraction of sp³-hybridized carbons (Fsp3) is 0.538. The number of rotatable bonds is 7. The summed E-state index contributed by atoms with van der Waals surface area (Å²) < 4.78 is 53.4. The van der Waals surface area contributed by atoms with E-state index >= 15 is 0 Å². The molecule has 0 saturated heterocycles. The van der Waals surface area contributed by atoms with Crippen LogP contribution >= 0.6 is 15.9 Å². The first-order valence-corrected chi connectivity index (χ1v) is 8.72. The van der Waals surface area contributed by atoms with E-state index in [1.54, 1.807) is 0 Å². The van der Waals surface area contributed by atoms with Gasteiger partial charge in [0.25, 0.3) is 0 Å². The van der Waals surface area contributed by atoms with Crippen LogP contribution in [-0.2, 0) is 10.0 Å². The molecule has 1 rings (SSSR count). The molecular weight excluding hydrogens is 366 g/mol. The van der Waals surface area contributed by atoms with Gasteiger partial charge >= 0.3 is 0 Å². The van der Waals surface area contributed by atoms with Gasteiger partial charge in [-0.15, -0.1) is 0 Å². The molecular formula is C13H19BrF2N2O2S. The van der Waals surface area contributed by atoms with Crippen molar-refractivity contribution in [2.24, 2.45) is 0 Å². The van der Waals surface area contributed by atoms with E-state index in [1.807, 2.05) is 25.9 Å². The first-order chi connectivity index (χ1) is 9.70. The molecule has 0 heterocycles. The molecule has 0 aliphatic carbocycles. The minimum atomic E-state index is -4.02. The van der Waals surface area contributed by atoms with Gasteiger partial charge < -0.3 is 4.90 Å². The van der Waals surface area contributed by atoms with Gasteiger partial charge in [0.15, 0.2) is 0 Å². The highest BCUT2D eigenvalue weighted by molar-refractivity contribution is 9.10. The summed E-state index contributed by atoms with van der Waals surface area (Å²) in [5.41, 5.74) is 0. The lowest BCUT2D eigenvalue weighted by atomic mass is 10.3. The van der Waals surface area contributed by atoms with Gasteiger partial charge in [-0.3, -0.25) is 0 Å². The molecule has 0 unspecified atom stereocenters. The van der Waals surface area contributed by atoms with Crippen molar-refractivity contribution in [3.63, 3.8) is 0 Å². The lowest BCUT2D eigenvalue weighted by molar-refractivity contribution is 0.332. The van der Waals surface area contributed by atoms with Gasteiger partial charge in [-0.05, 0) is 42.5 Å². The van der Waals surface area contributed by atoms with Crippen molar-refractivity contribution in [3.05, 3.63) is 28.2 Å². The maximum absolute atomic E-state index is 13.9. The average Bonchev–Trinajstić information content (AvgIpc) is 2.32. The van der Waals surface area contributed by atoms with Gasteiger partial charge in [-0.1, -0.05) is 6.92 Å². The summed E-state index contributed by atoms with van der Waals surface area (Å²) >= 11 is 2.94. The van der Waals surface area contributed by atoms with Crippen LogP contribution in [0.15, 0.2) is 21.5 Å². The molecule has 0 bridgehead atoms. The predicted molar refractivity (Wildman–Crippen MR) is 81.7 cm³/mol. The molecule has 0 aliphatic rings. The first kappa shape index (κ1) is 18.5. The second-order valence-electron chi connectivity index (χ2n) is 4.91. The molecule has 0 saturated carbocycles. The summed E-state index contributed by atoms with van der Waals surface area (Å²) in [5, 5.41) is 0. The topological polar surface area (TPSA) is 40.6 Å². The van der Waals surface area contributed by atoms with Crippen LogP contribution in [0.3, 0.4) is 0 Å². The van der Waals surface area contributed by atoms with E-state index in [-0.39, 0.29) is 17.6 Å². The molecule has 0 aromatic heterocycles. The lowest BCUT2D eigenvalue weighted by Gasteiger charge is -2.24. The Balaban J connectivity index is 3.23. The van der Waals surface area contributed by atoms with E-state index in [1.165, 1.54) is 4.31 Å². The summed E-state index contributed by atoms with van der Waals surface area (Å²) in [4.78, 5) is 1.32. The molecule has 8 heteroatoms. The molecule has 120 valence electrons. The second-order valence-corrected chi connectivity index (χ2v) is 7.64. The molecule has 0 spiro atoms. The highest BCUT2D eigenvalue weighted by Crippen LogP contribution is 2.29. The SMILES string of the molecule is CCCN(CCN(C)C)S(=O)(=O)c1c(F)cc(F)cc1Br. The number of halogens is 3. The highest BCUT2D eigenvalue weighted by Gasteiger charge is 2.29. The van der Waals surface area contributed by atoms with Crippen LogP contribution in [0.25, 0.3) is 0 Å². The van der Waals surface area contributed by atoms with Crippen molar-refractivity contribution in [3.8, 4) is 0 Å². The molecule has 0 aliphatic heterocycles. The number of hydrogen-bond acceptors (Lipinski definition) is 3. The number of nitrogens with zero attached hydrogens (tertiary/aromatic N) is 2. The highest BCUT2D eigenvalue weighted by atomic mass is 79.9. The third-order valence-corrected chi connectivity index (χ3v) is 5.69. The third kappa shape index (κ3) is 4.70. The second kappa shape index (κ2) is 7.62. The fourth-order valence-electron chi connectivity index (χ4n) is 1.82. The Bertz CT molecular complexity index is 571. The Morgan fingerprint density at radius 2 is 1.76 bits per heavy atom. The summed E-state index contributed by atoms with van der Waals surface area (Å²) in [6.45, 7) is 2.87. The fourth-order valence-corrected chi connectivity index (χ4v) is 4.45. The largest absolute Gasteiger partial charge is 0.308 e. The summed E-state index contributed by atoms with van der Waals surface area (Å²) in [5.74, 6) is -1.92. The van der Waals surface area contributed by atoms with E-state index in [2.05, 4.69) is 15.9 Å². The van der Waals surface area contributed by atoms with Crippen molar-refractivity contribution < 1.29 is 17.2 Å². The Morgan fingerprint density at radius 3 is 2.24 bits per heavy atom. The average molecular weight is 385 g/mol. The predicted octanol–water partition coefficient (Wildman–Crippen LogP) is 2.69. The van der Waals surface area contributed by atoms with Crippen molar-refractivity contribution in [1.82, 2.24) is 9.21 Å². The monoisotopic (exact) mass is 384 g/mol. The van der Waals surface area contributed by atoms with Crippen LogP contribution in [0, 0.1) is 11.6 Å². The van der Waals surface area contributed by atoms with Crippen molar-refractivity contribution in [1.29, 1.82) is 0 Å². The zero-order valence-corrected chi connectivity index (χ0v) is 14.6. The van der Waals surface area contributed by atoms with Crippen molar-refractivity contribution in [2.75, 3.05) is 33.7 Å². The molecule has 0 amide bonds. The quantitative estimate of drug-likeness (QED) is 0.725. The van der Waals surface area contributed by atoms with Crippen molar-refractivity contribution in [2.45, 2.75) is 18.2 Å².